The first-order valence-corrected chi connectivity index (χ1v) is 5.74. The number of aromatic amines is 1. The van der Waals surface area contributed by atoms with Gasteiger partial charge in [-0.15, -0.1) is 5.10 Å². The number of hydrogen-bond acceptors (Lipinski definition) is 4. The number of ether oxygens (including phenoxy) is 1. The molecule has 2 aromatic rings. The fourth-order valence-corrected chi connectivity index (χ4v) is 1.67. The topological polar surface area (TPSA) is 79.9 Å². The van der Waals surface area contributed by atoms with Crippen molar-refractivity contribution in [3.63, 3.8) is 0 Å². The van der Waals surface area contributed by atoms with Crippen LogP contribution in [-0.2, 0) is 4.79 Å². The Hall–Kier alpha value is -2.51. The Morgan fingerprint density at radius 2 is 2.05 bits per heavy atom. The maximum atomic E-state index is 13.6. The molecule has 1 atom stereocenters. The van der Waals surface area contributed by atoms with Crippen molar-refractivity contribution in [2.75, 3.05) is 12.4 Å². The Labute approximate surface area is 113 Å². The van der Waals surface area contributed by atoms with Crippen LogP contribution in [0.15, 0.2) is 18.2 Å². The third kappa shape index (κ3) is 2.73. The number of methoxy groups -OCH3 is 1. The zero-order chi connectivity index (χ0) is 14.7. The number of nitrogens with one attached hydrogen (secondary N) is 2. The fraction of sp³-hybridized carbons (Fsp3) is 0.250. The molecule has 2 N–H and O–H groups in total. The standard InChI is InChI=1S/C12H12F2N4O2/c1-6(9-7(13)4-3-5-8(9)14)10(19)15-11-16-12(20-2)18-17-11/h3-6H,1-2H3,(H2,15,16,17,18,19)/t6-/m1/s1. The Morgan fingerprint density at radius 1 is 1.40 bits per heavy atom. The lowest BCUT2D eigenvalue weighted by Crippen LogP contribution is -2.21. The van der Waals surface area contributed by atoms with Gasteiger partial charge in [-0.25, -0.2) is 13.9 Å². The highest BCUT2D eigenvalue weighted by molar-refractivity contribution is 5.94. The van der Waals surface area contributed by atoms with Crippen LogP contribution in [-0.4, -0.2) is 28.2 Å². The minimum absolute atomic E-state index is 0.0375. The monoisotopic (exact) mass is 282 g/mol. The first-order chi connectivity index (χ1) is 9.52. The third-order valence-electron chi connectivity index (χ3n) is 2.72. The van der Waals surface area contributed by atoms with E-state index in [9.17, 15) is 13.6 Å². The number of halogens is 2. The average molecular weight is 282 g/mol. The molecular weight excluding hydrogens is 270 g/mol. The van der Waals surface area contributed by atoms with E-state index in [1.54, 1.807) is 0 Å². The van der Waals surface area contributed by atoms with Gasteiger partial charge in [0.05, 0.1) is 13.0 Å². The normalized spacial score (nSPS) is 12.0. The molecule has 0 aliphatic carbocycles. The third-order valence-corrected chi connectivity index (χ3v) is 2.72. The van der Waals surface area contributed by atoms with Crippen molar-refractivity contribution >= 4 is 11.9 Å². The predicted octanol–water partition coefficient (Wildman–Crippen LogP) is 1.83. The van der Waals surface area contributed by atoms with Gasteiger partial charge in [0.25, 0.3) is 0 Å². The van der Waals surface area contributed by atoms with E-state index in [0.717, 1.165) is 12.1 Å². The van der Waals surface area contributed by atoms with Gasteiger partial charge in [-0.1, -0.05) is 6.07 Å². The van der Waals surface area contributed by atoms with Gasteiger partial charge in [0.1, 0.15) is 11.6 Å². The van der Waals surface area contributed by atoms with Crippen LogP contribution >= 0.6 is 0 Å². The van der Waals surface area contributed by atoms with Crippen LogP contribution in [0.5, 0.6) is 6.01 Å². The van der Waals surface area contributed by atoms with Crippen molar-refractivity contribution in [3.8, 4) is 6.01 Å². The number of rotatable bonds is 4. The number of nitrogens with zero attached hydrogens (tertiary/aromatic N) is 2. The van der Waals surface area contributed by atoms with Crippen LogP contribution in [0.4, 0.5) is 14.7 Å². The molecule has 0 fully saturated rings. The van der Waals surface area contributed by atoms with Crippen LogP contribution in [0, 0.1) is 11.6 Å². The van der Waals surface area contributed by atoms with Gasteiger partial charge < -0.3 is 4.74 Å². The second-order valence-electron chi connectivity index (χ2n) is 4.02. The number of H-pyrrole nitrogens is 1. The Bertz CT molecular complexity index is 609. The molecule has 0 bridgehead atoms. The van der Waals surface area contributed by atoms with Crippen molar-refractivity contribution in [1.29, 1.82) is 0 Å². The molecular formula is C12H12F2N4O2. The van der Waals surface area contributed by atoms with E-state index in [0.29, 0.717) is 0 Å². The van der Waals surface area contributed by atoms with Gasteiger partial charge in [-0.3, -0.25) is 10.1 Å². The molecule has 0 saturated carbocycles. The molecule has 0 saturated heterocycles. The molecule has 2 rings (SSSR count). The summed E-state index contributed by atoms with van der Waals surface area (Å²) in [5, 5.41) is 8.42. The number of anilines is 1. The van der Waals surface area contributed by atoms with E-state index in [-0.39, 0.29) is 17.5 Å². The molecule has 20 heavy (non-hydrogen) atoms. The van der Waals surface area contributed by atoms with Crippen molar-refractivity contribution in [1.82, 2.24) is 15.2 Å². The van der Waals surface area contributed by atoms with Crippen LogP contribution in [0.2, 0.25) is 0 Å². The number of aromatic nitrogens is 3. The number of carbonyl (C=O) groups excluding carboxylic acids is 1. The maximum absolute atomic E-state index is 13.6. The molecule has 1 heterocycles. The van der Waals surface area contributed by atoms with E-state index in [1.165, 1.54) is 20.1 Å². The predicted molar refractivity (Wildman–Crippen MR) is 66.3 cm³/mol. The van der Waals surface area contributed by atoms with Gasteiger partial charge in [0, 0.05) is 5.56 Å². The largest absolute Gasteiger partial charge is 0.466 e. The van der Waals surface area contributed by atoms with Crippen LogP contribution in [0.1, 0.15) is 18.4 Å². The number of benzene rings is 1. The van der Waals surface area contributed by atoms with Crippen molar-refractivity contribution in [2.24, 2.45) is 0 Å². The van der Waals surface area contributed by atoms with E-state index in [4.69, 9.17) is 4.74 Å². The summed E-state index contributed by atoms with van der Waals surface area (Å²) >= 11 is 0. The minimum Gasteiger partial charge on any atom is -0.466 e. The summed E-state index contributed by atoms with van der Waals surface area (Å²) in [4.78, 5) is 15.7. The molecule has 0 aliphatic heterocycles. The van der Waals surface area contributed by atoms with E-state index in [1.807, 2.05) is 0 Å². The second kappa shape index (κ2) is 5.64. The molecule has 0 spiro atoms. The summed E-state index contributed by atoms with van der Waals surface area (Å²) in [6, 6.07) is 3.48. The van der Waals surface area contributed by atoms with E-state index in [2.05, 4.69) is 20.5 Å². The van der Waals surface area contributed by atoms with Crippen molar-refractivity contribution in [2.45, 2.75) is 12.8 Å². The SMILES string of the molecule is COc1n[nH]c(NC(=O)[C@H](C)c2c(F)cccc2F)n1. The van der Waals surface area contributed by atoms with E-state index < -0.39 is 23.5 Å². The van der Waals surface area contributed by atoms with Gasteiger partial charge in [-0.2, -0.15) is 4.98 Å². The molecule has 0 aliphatic rings. The molecule has 0 radical (unpaired) electrons. The van der Waals surface area contributed by atoms with Crippen LogP contribution in [0.25, 0.3) is 0 Å². The van der Waals surface area contributed by atoms with E-state index >= 15 is 0 Å². The van der Waals surface area contributed by atoms with Gasteiger partial charge in [0.15, 0.2) is 0 Å². The van der Waals surface area contributed by atoms with Crippen molar-refractivity contribution < 1.29 is 18.3 Å². The van der Waals surface area contributed by atoms with Gasteiger partial charge >= 0.3 is 6.01 Å². The summed E-state index contributed by atoms with van der Waals surface area (Å²) in [6.45, 7) is 1.39. The lowest BCUT2D eigenvalue weighted by atomic mass is 9.99. The highest BCUT2D eigenvalue weighted by atomic mass is 19.1. The summed E-state index contributed by atoms with van der Waals surface area (Å²) in [5.41, 5.74) is -0.295. The average Bonchev–Trinajstić information content (AvgIpc) is 2.86. The first kappa shape index (κ1) is 13.9. The highest BCUT2D eigenvalue weighted by Gasteiger charge is 2.23. The zero-order valence-electron chi connectivity index (χ0n) is 10.8. The summed E-state index contributed by atoms with van der Waals surface area (Å²) in [7, 11) is 1.37. The Balaban J connectivity index is 2.16. The molecule has 6 nitrogen and oxygen atoms in total. The Morgan fingerprint density at radius 3 is 2.60 bits per heavy atom. The first-order valence-electron chi connectivity index (χ1n) is 5.74. The van der Waals surface area contributed by atoms with Crippen molar-refractivity contribution in [3.05, 3.63) is 35.4 Å². The van der Waals surface area contributed by atoms with Crippen LogP contribution < -0.4 is 10.1 Å². The number of amides is 1. The zero-order valence-corrected chi connectivity index (χ0v) is 10.8. The molecule has 1 aromatic carbocycles. The summed E-state index contributed by atoms with van der Waals surface area (Å²) in [5.74, 6) is -3.15. The molecule has 1 amide bonds. The molecule has 106 valence electrons. The van der Waals surface area contributed by atoms with Gasteiger partial charge in [-0.05, 0) is 19.1 Å². The molecule has 0 unspecified atom stereocenters. The number of hydrogen-bond donors (Lipinski definition) is 2. The number of carbonyl (C=O) groups is 1. The smallest absolute Gasteiger partial charge is 0.336 e. The lowest BCUT2D eigenvalue weighted by molar-refractivity contribution is -0.117. The Kier molecular flexibility index (Phi) is 3.92. The van der Waals surface area contributed by atoms with Gasteiger partial charge in [0.2, 0.25) is 11.9 Å². The maximum Gasteiger partial charge on any atom is 0.336 e. The minimum atomic E-state index is -1.02. The summed E-state index contributed by atoms with van der Waals surface area (Å²) < 4.78 is 31.9. The molecule has 1 aromatic heterocycles. The second-order valence-corrected chi connectivity index (χ2v) is 4.02. The fourth-order valence-electron chi connectivity index (χ4n) is 1.67. The van der Waals surface area contributed by atoms with Crippen LogP contribution in [0.3, 0.4) is 0 Å². The lowest BCUT2D eigenvalue weighted by Gasteiger charge is -2.12. The molecule has 8 heteroatoms. The summed E-state index contributed by atoms with van der Waals surface area (Å²) in [6.07, 6.45) is 0. The quantitative estimate of drug-likeness (QED) is 0.896. The highest BCUT2D eigenvalue weighted by Crippen LogP contribution is 2.23.